The van der Waals surface area contributed by atoms with Crippen LogP contribution in [0.25, 0.3) is 22.0 Å². The lowest BCUT2D eigenvalue weighted by Gasteiger charge is -2.27. The largest absolute Gasteiger partial charge is 0.322 e. The first kappa shape index (κ1) is 26.6. The van der Waals surface area contributed by atoms with E-state index in [1.165, 1.54) is 12.5 Å². The van der Waals surface area contributed by atoms with Crippen molar-refractivity contribution in [3.63, 3.8) is 0 Å². The van der Waals surface area contributed by atoms with E-state index in [2.05, 4.69) is 31.6 Å². The number of carbonyl (C=O) groups is 1. The minimum atomic E-state index is -0.385. The van der Waals surface area contributed by atoms with Crippen molar-refractivity contribution in [2.75, 3.05) is 36.3 Å². The van der Waals surface area contributed by atoms with Crippen LogP contribution in [0.4, 0.5) is 15.8 Å². The molecule has 6 nitrogen and oxygen atoms in total. The van der Waals surface area contributed by atoms with Crippen LogP contribution in [0.3, 0.4) is 0 Å². The van der Waals surface area contributed by atoms with Crippen molar-refractivity contribution in [3.8, 4) is 11.3 Å². The van der Waals surface area contributed by atoms with E-state index in [0.717, 1.165) is 42.5 Å². The average molecular weight is 518 g/mol. The Morgan fingerprint density at radius 2 is 1.92 bits per heavy atom. The van der Waals surface area contributed by atoms with Crippen LogP contribution in [0.1, 0.15) is 30.1 Å². The number of anilines is 2. The second-order valence-electron chi connectivity index (χ2n) is 8.62. The van der Waals surface area contributed by atoms with Gasteiger partial charge in [0.1, 0.15) is 5.82 Å². The summed E-state index contributed by atoms with van der Waals surface area (Å²) in [6.45, 7) is 5.25. The fourth-order valence-electron chi connectivity index (χ4n) is 4.00. The Hall–Kier alpha value is -3.46. The lowest BCUT2D eigenvalue weighted by atomic mass is 10.0. The van der Waals surface area contributed by atoms with Crippen molar-refractivity contribution in [1.29, 1.82) is 0 Å². The molecule has 1 aliphatic heterocycles. The van der Waals surface area contributed by atoms with Crippen LogP contribution in [-0.2, 0) is 0 Å². The number of halogens is 1. The van der Waals surface area contributed by atoms with E-state index in [1.54, 1.807) is 42.6 Å². The molecule has 2 heterocycles. The van der Waals surface area contributed by atoms with Crippen LogP contribution in [0.2, 0.25) is 0 Å². The van der Waals surface area contributed by atoms with Crippen LogP contribution in [0.15, 0.2) is 79.0 Å². The molecule has 0 aliphatic carbocycles. The molecule has 1 fully saturated rings. The molecular weight excluding hydrogens is 485 g/mol. The number of benzene rings is 3. The molecule has 192 valence electrons. The molecule has 0 spiro atoms. The fourth-order valence-corrected chi connectivity index (χ4v) is 4.84. The lowest BCUT2D eigenvalue weighted by molar-refractivity contribution is 0.102. The number of nitrogens with one attached hydrogen (secondary N) is 3. The third-order valence-corrected chi connectivity index (χ3v) is 6.83. The van der Waals surface area contributed by atoms with Crippen LogP contribution in [0.5, 0.6) is 0 Å². The van der Waals surface area contributed by atoms with E-state index in [1.807, 2.05) is 49.5 Å². The van der Waals surface area contributed by atoms with Crippen molar-refractivity contribution in [1.82, 2.24) is 15.0 Å². The number of aromatic nitrogens is 1. The van der Waals surface area contributed by atoms with Crippen LogP contribution < -0.4 is 19.7 Å². The van der Waals surface area contributed by atoms with Crippen LogP contribution in [0, 0.1) is 5.82 Å². The van der Waals surface area contributed by atoms with E-state index in [-0.39, 0.29) is 11.7 Å². The Morgan fingerprint density at radius 1 is 1.11 bits per heavy atom. The van der Waals surface area contributed by atoms with Crippen molar-refractivity contribution in [2.45, 2.75) is 19.8 Å². The maximum Gasteiger partial charge on any atom is 0.255 e. The van der Waals surface area contributed by atoms with Gasteiger partial charge in [-0.15, -0.1) is 0 Å². The molecule has 3 aromatic carbocycles. The zero-order chi connectivity index (χ0) is 26.0. The van der Waals surface area contributed by atoms with Crippen LogP contribution in [-0.4, -0.2) is 37.6 Å². The zero-order valence-corrected chi connectivity index (χ0v) is 21.9. The van der Waals surface area contributed by atoms with Gasteiger partial charge in [0.15, 0.2) is 0 Å². The maximum atomic E-state index is 14.7. The van der Waals surface area contributed by atoms with E-state index in [0.29, 0.717) is 22.5 Å². The fraction of sp³-hybridized carbons (Fsp3) is 0.241. The molecular formula is C29H32FN5OS. The molecule has 4 aromatic rings. The van der Waals surface area contributed by atoms with E-state index in [9.17, 15) is 9.18 Å². The van der Waals surface area contributed by atoms with E-state index < -0.39 is 0 Å². The predicted molar refractivity (Wildman–Crippen MR) is 153 cm³/mol. The molecule has 0 atom stereocenters. The Labute approximate surface area is 221 Å². The molecule has 0 bridgehead atoms. The number of rotatable bonds is 6. The number of nitrogens with zero attached hydrogens (tertiary/aromatic N) is 2. The minimum absolute atomic E-state index is 0.246. The lowest BCUT2D eigenvalue weighted by Crippen LogP contribution is -2.29. The SMILES string of the molecule is CCCNC.O=C(Nc1ccc(F)c(-c2nccc3ccccc23)c1)c1ccc(N2CCCNS2)cc1. The number of fused-ring (bicyclic) bond motifs is 1. The quantitative estimate of drug-likeness (QED) is 0.262. The first-order valence-corrected chi connectivity index (χ1v) is 13.2. The van der Waals surface area contributed by atoms with Crippen molar-refractivity contribution >= 4 is 40.2 Å². The molecule has 1 aromatic heterocycles. The van der Waals surface area contributed by atoms with Crippen LogP contribution >= 0.6 is 12.1 Å². The molecule has 0 saturated carbocycles. The second-order valence-corrected chi connectivity index (χ2v) is 9.53. The van der Waals surface area contributed by atoms with Gasteiger partial charge in [0.05, 0.1) is 5.69 Å². The number of pyridine rings is 1. The second kappa shape index (κ2) is 13.2. The third-order valence-electron chi connectivity index (χ3n) is 5.89. The van der Waals surface area contributed by atoms with Gasteiger partial charge in [-0.2, -0.15) is 0 Å². The smallest absolute Gasteiger partial charge is 0.255 e. The molecule has 37 heavy (non-hydrogen) atoms. The highest BCUT2D eigenvalue weighted by molar-refractivity contribution is 7.98. The highest BCUT2D eigenvalue weighted by Gasteiger charge is 2.15. The Balaban J connectivity index is 0.000000586. The van der Waals surface area contributed by atoms with E-state index in [4.69, 9.17) is 0 Å². The van der Waals surface area contributed by atoms with Gasteiger partial charge in [0.25, 0.3) is 5.91 Å². The molecule has 5 rings (SSSR count). The van der Waals surface area contributed by atoms with E-state index >= 15 is 0 Å². The standard InChI is InChI=1S/C25H21FN4OS.C4H11N/c26-23-11-8-19(16-22(23)24-21-5-2-1-4-17(21)12-14-27-24)29-25(31)18-6-9-20(10-7-18)30-15-3-13-28-32-30;1-3-4-5-2/h1-2,4-12,14,16,28H,3,13,15H2,(H,29,31);5H,3-4H2,1-2H3. The Bertz CT molecular complexity index is 1320. The summed E-state index contributed by atoms with van der Waals surface area (Å²) < 4.78 is 20.1. The first-order chi connectivity index (χ1) is 18.1. The molecule has 1 aliphatic rings. The minimum Gasteiger partial charge on any atom is -0.322 e. The molecule has 1 amide bonds. The summed E-state index contributed by atoms with van der Waals surface area (Å²) in [5.41, 5.74) is 3.00. The summed E-state index contributed by atoms with van der Waals surface area (Å²) in [7, 11) is 1.96. The summed E-state index contributed by atoms with van der Waals surface area (Å²) in [6.07, 6.45) is 3.98. The summed E-state index contributed by atoms with van der Waals surface area (Å²) in [6, 6.07) is 21.6. The molecule has 0 unspecified atom stereocenters. The molecule has 3 N–H and O–H groups in total. The van der Waals surface area contributed by atoms with Gasteiger partial charge in [0, 0.05) is 59.3 Å². The van der Waals surface area contributed by atoms with Crippen molar-refractivity contribution in [3.05, 3.63) is 90.4 Å². The zero-order valence-electron chi connectivity index (χ0n) is 21.1. The summed E-state index contributed by atoms with van der Waals surface area (Å²) in [4.78, 5) is 17.2. The van der Waals surface area contributed by atoms with Gasteiger partial charge in [-0.05, 0) is 80.4 Å². The topological polar surface area (TPSA) is 69.3 Å². The van der Waals surface area contributed by atoms with Gasteiger partial charge >= 0.3 is 0 Å². The van der Waals surface area contributed by atoms with Gasteiger partial charge in [-0.25, -0.2) is 9.11 Å². The summed E-state index contributed by atoms with van der Waals surface area (Å²) in [5, 5.41) is 7.73. The van der Waals surface area contributed by atoms with Gasteiger partial charge in [-0.1, -0.05) is 31.2 Å². The third kappa shape index (κ3) is 6.85. The highest BCUT2D eigenvalue weighted by Crippen LogP contribution is 2.31. The maximum absolute atomic E-state index is 14.7. The monoisotopic (exact) mass is 517 g/mol. The van der Waals surface area contributed by atoms with Gasteiger partial charge in [-0.3, -0.25) is 9.78 Å². The number of hydrogen-bond donors (Lipinski definition) is 3. The average Bonchev–Trinajstić information content (AvgIpc) is 2.95. The van der Waals surface area contributed by atoms with Crippen molar-refractivity contribution < 1.29 is 9.18 Å². The summed E-state index contributed by atoms with van der Waals surface area (Å²) >= 11 is 1.58. The van der Waals surface area contributed by atoms with Crippen molar-refractivity contribution in [2.24, 2.45) is 0 Å². The number of hydrogen-bond acceptors (Lipinski definition) is 6. The summed E-state index contributed by atoms with van der Waals surface area (Å²) in [5.74, 6) is -0.631. The highest BCUT2D eigenvalue weighted by atomic mass is 32.2. The first-order valence-electron chi connectivity index (χ1n) is 12.5. The Morgan fingerprint density at radius 3 is 2.62 bits per heavy atom. The number of carbonyl (C=O) groups excluding carboxylic acids is 1. The van der Waals surface area contributed by atoms with Gasteiger partial charge < -0.3 is 14.9 Å². The Kier molecular flexibility index (Phi) is 9.48. The molecule has 0 radical (unpaired) electrons. The van der Waals surface area contributed by atoms with Gasteiger partial charge in [0.2, 0.25) is 0 Å². The molecule has 8 heteroatoms. The normalized spacial score (nSPS) is 13.1. The molecule has 1 saturated heterocycles. The number of amides is 1. The predicted octanol–water partition coefficient (Wildman–Crippen LogP) is 6.27.